The van der Waals surface area contributed by atoms with Crippen LogP contribution in [0.5, 0.6) is 5.75 Å². The Morgan fingerprint density at radius 2 is 1.72 bits per heavy atom. The molecule has 0 saturated heterocycles. The van der Waals surface area contributed by atoms with Crippen LogP contribution in [0.3, 0.4) is 0 Å². The average molecular weight is 427 g/mol. The number of amides is 1. The van der Waals surface area contributed by atoms with Crippen LogP contribution in [-0.2, 0) is 4.79 Å². The largest absolute Gasteiger partial charge is 0.484 e. The molecule has 1 amide bonds. The van der Waals surface area contributed by atoms with Crippen molar-refractivity contribution in [2.75, 3.05) is 13.2 Å². The van der Waals surface area contributed by atoms with Crippen LogP contribution >= 0.6 is 0 Å². The third-order valence-corrected chi connectivity index (χ3v) is 6.12. The molecule has 1 heterocycles. The average Bonchev–Trinajstić information content (AvgIpc) is 3.22. The lowest BCUT2D eigenvalue weighted by Gasteiger charge is -2.31. The van der Waals surface area contributed by atoms with Gasteiger partial charge in [0.25, 0.3) is 5.91 Å². The van der Waals surface area contributed by atoms with E-state index >= 15 is 0 Å². The van der Waals surface area contributed by atoms with Crippen LogP contribution in [0.1, 0.15) is 40.8 Å². The van der Waals surface area contributed by atoms with E-state index in [2.05, 4.69) is 55.2 Å². The van der Waals surface area contributed by atoms with E-state index in [1.54, 1.807) is 0 Å². The molecule has 0 saturated carbocycles. The molecule has 4 aromatic rings. The number of hydrogen-bond acceptors (Lipinski definition) is 2. The highest BCUT2D eigenvalue weighted by Crippen LogP contribution is 2.34. The lowest BCUT2D eigenvalue weighted by Crippen LogP contribution is -2.38. The molecule has 164 valence electrons. The molecule has 0 aliphatic carbocycles. The van der Waals surface area contributed by atoms with E-state index in [-0.39, 0.29) is 18.6 Å². The Kier molecular flexibility index (Phi) is 6.31. The zero-order valence-corrected chi connectivity index (χ0v) is 19.2. The van der Waals surface area contributed by atoms with E-state index in [1.807, 2.05) is 55.3 Å². The number of rotatable bonds is 7. The normalized spacial score (nSPS) is 12.0. The van der Waals surface area contributed by atoms with E-state index in [1.165, 1.54) is 11.1 Å². The molecule has 0 spiro atoms. The summed E-state index contributed by atoms with van der Waals surface area (Å²) in [7, 11) is 0. The first-order valence-electron chi connectivity index (χ1n) is 11.1. The Balaban J connectivity index is 1.67. The maximum atomic E-state index is 13.4. The van der Waals surface area contributed by atoms with E-state index in [9.17, 15) is 4.79 Å². The van der Waals surface area contributed by atoms with E-state index in [0.29, 0.717) is 6.54 Å². The fourth-order valence-corrected chi connectivity index (χ4v) is 4.13. The topological polar surface area (TPSA) is 45.3 Å². The van der Waals surface area contributed by atoms with Crippen molar-refractivity contribution < 1.29 is 9.53 Å². The minimum Gasteiger partial charge on any atom is -0.484 e. The van der Waals surface area contributed by atoms with Gasteiger partial charge >= 0.3 is 0 Å². The summed E-state index contributed by atoms with van der Waals surface area (Å²) in [5.41, 5.74) is 6.79. The number of nitrogens with one attached hydrogen (secondary N) is 1. The van der Waals surface area contributed by atoms with E-state index in [0.717, 1.165) is 33.3 Å². The quantitative estimate of drug-likeness (QED) is 0.387. The van der Waals surface area contributed by atoms with Gasteiger partial charge < -0.3 is 14.6 Å². The van der Waals surface area contributed by atoms with Crippen molar-refractivity contribution in [1.82, 2.24) is 9.88 Å². The second-order valence-corrected chi connectivity index (χ2v) is 8.32. The van der Waals surface area contributed by atoms with Crippen molar-refractivity contribution >= 4 is 16.8 Å². The second-order valence-electron chi connectivity index (χ2n) is 8.32. The molecule has 1 aromatic heterocycles. The van der Waals surface area contributed by atoms with Crippen molar-refractivity contribution in [2.45, 2.75) is 33.7 Å². The van der Waals surface area contributed by atoms with Gasteiger partial charge in [-0.25, -0.2) is 0 Å². The van der Waals surface area contributed by atoms with Crippen LogP contribution in [0.4, 0.5) is 0 Å². The Labute approximate surface area is 189 Å². The molecule has 4 heteroatoms. The van der Waals surface area contributed by atoms with Gasteiger partial charge in [0.1, 0.15) is 5.75 Å². The predicted octanol–water partition coefficient (Wildman–Crippen LogP) is 6.11. The van der Waals surface area contributed by atoms with Gasteiger partial charge in [0.15, 0.2) is 6.61 Å². The Hall–Kier alpha value is -3.53. The number of nitrogens with zero attached hydrogens (tertiary/aromatic N) is 1. The minimum absolute atomic E-state index is 0.00105. The number of para-hydroxylation sites is 1. The van der Waals surface area contributed by atoms with E-state index < -0.39 is 0 Å². The van der Waals surface area contributed by atoms with Crippen molar-refractivity contribution in [2.24, 2.45) is 0 Å². The monoisotopic (exact) mass is 426 g/mol. The highest BCUT2D eigenvalue weighted by molar-refractivity contribution is 5.86. The second kappa shape index (κ2) is 9.31. The van der Waals surface area contributed by atoms with Gasteiger partial charge in [-0.3, -0.25) is 4.79 Å². The van der Waals surface area contributed by atoms with E-state index in [4.69, 9.17) is 4.74 Å². The number of likely N-dealkylation sites (N-methyl/N-ethyl adjacent to an activating group) is 1. The summed E-state index contributed by atoms with van der Waals surface area (Å²) in [5, 5.41) is 1.12. The number of hydrogen-bond donors (Lipinski definition) is 1. The standard InChI is InChI=1S/C28H30N2O2/c1-5-30(27(31)18-32-23-15-12-20(3)21(4)16-23)28(22-13-10-19(2)11-14-22)25-17-29-26-9-7-6-8-24(25)26/h6-17,28-29H,5,18H2,1-4H3/t28-/m1/s1. The van der Waals surface area contributed by atoms with Gasteiger partial charge in [0.05, 0.1) is 6.04 Å². The van der Waals surface area contributed by atoms with Crippen molar-refractivity contribution in [3.8, 4) is 5.75 Å². The SMILES string of the molecule is CCN(C(=O)COc1ccc(C)c(C)c1)[C@H](c1ccc(C)cc1)c1c[nH]c2ccccc12. The third kappa shape index (κ3) is 4.40. The Morgan fingerprint density at radius 1 is 0.969 bits per heavy atom. The molecular weight excluding hydrogens is 396 g/mol. The highest BCUT2D eigenvalue weighted by atomic mass is 16.5. The van der Waals surface area contributed by atoms with Crippen LogP contribution in [0.2, 0.25) is 0 Å². The maximum absolute atomic E-state index is 13.4. The van der Waals surface area contributed by atoms with Crippen LogP contribution in [-0.4, -0.2) is 28.9 Å². The van der Waals surface area contributed by atoms with Crippen LogP contribution in [0.25, 0.3) is 10.9 Å². The van der Waals surface area contributed by atoms with Crippen LogP contribution in [0, 0.1) is 20.8 Å². The summed E-state index contributed by atoms with van der Waals surface area (Å²) in [6.45, 7) is 8.78. The minimum atomic E-state index is -0.201. The Morgan fingerprint density at radius 3 is 2.44 bits per heavy atom. The smallest absolute Gasteiger partial charge is 0.261 e. The molecule has 4 nitrogen and oxygen atoms in total. The molecule has 0 bridgehead atoms. The number of ether oxygens (including phenoxy) is 1. The Bertz CT molecular complexity index is 1220. The summed E-state index contributed by atoms with van der Waals surface area (Å²) in [5.74, 6) is 0.679. The zero-order valence-electron chi connectivity index (χ0n) is 19.2. The number of benzene rings is 3. The number of H-pyrrole nitrogens is 1. The van der Waals surface area contributed by atoms with Crippen molar-refractivity contribution in [1.29, 1.82) is 0 Å². The number of carbonyl (C=O) groups is 1. The molecule has 0 fully saturated rings. The summed E-state index contributed by atoms with van der Waals surface area (Å²) < 4.78 is 5.90. The molecule has 1 N–H and O–H groups in total. The summed E-state index contributed by atoms with van der Waals surface area (Å²) in [6, 6.07) is 22.4. The van der Waals surface area contributed by atoms with Gasteiger partial charge in [-0.2, -0.15) is 0 Å². The van der Waals surface area contributed by atoms with Crippen LogP contribution < -0.4 is 4.74 Å². The molecule has 3 aromatic carbocycles. The molecule has 1 atom stereocenters. The number of aryl methyl sites for hydroxylation is 3. The molecule has 0 aliphatic rings. The zero-order chi connectivity index (χ0) is 22.7. The number of carbonyl (C=O) groups excluding carboxylic acids is 1. The first kappa shape index (κ1) is 21.7. The first-order chi connectivity index (χ1) is 15.5. The van der Waals surface area contributed by atoms with Gasteiger partial charge in [-0.05, 0) is 62.6 Å². The first-order valence-corrected chi connectivity index (χ1v) is 11.1. The van der Waals surface area contributed by atoms with Gasteiger partial charge in [-0.15, -0.1) is 0 Å². The molecule has 0 aliphatic heterocycles. The van der Waals surface area contributed by atoms with Crippen molar-refractivity contribution in [3.05, 3.63) is 101 Å². The molecule has 0 radical (unpaired) electrons. The summed E-state index contributed by atoms with van der Waals surface area (Å²) in [4.78, 5) is 18.7. The fourth-order valence-electron chi connectivity index (χ4n) is 4.13. The van der Waals surface area contributed by atoms with Gasteiger partial charge in [0, 0.05) is 29.2 Å². The highest BCUT2D eigenvalue weighted by Gasteiger charge is 2.28. The van der Waals surface area contributed by atoms with Crippen LogP contribution in [0.15, 0.2) is 72.9 Å². The van der Waals surface area contributed by atoms with Gasteiger partial charge in [0.2, 0.25) is 0 Å². The molecular formula is C28H30N2O2. The van der Waals surface area contributed by atoms with Crippen molar-refractivity contribution in [3.63, 3.8) is 0 Å². The molecule has 32 heavy (non-hydrogen) atoms. The lowest BCUT2D eigenvalue weighted by atomic mass is 9.95. The molecule has 0 unspecified atom stereocenters. The number of fused-ring (bicyclic) bond motifs is 1. The number of aromatic amines is 1. The summed E-state index contributed by atoms with van der Waals surface area (Å²) >= 11 is 0. The predicted molar refractivity (Wildman–Crippen MR) is 130 cm³/mol. The molecule has 4 rings (SSSR count). The lowest BCUT2D eigenvalue weighted by molar-refractivity contribution is -0.134. The third-order valence-electron chi connectivity index (χ3n) is 6.12. The van der Waals surface area contributed by atoms with Gasteiger partial charge in [-0.1, -0.05) is 54.1 Å². The fraction of sp³-hybridized carbons (Fsp3) is 0.250. The summed E-state index contributed by atoms with van der Waals surface area (Å²) in [6.07, 6.45) is 2.02. The number of aromatic nitrogens is 1. The maximum Gasteiger partial charge on any atom is 0.261 e.